The Morgan fingerprint density at radius 1 is 0.824 bits per heavy atom. The van der Waals surface area contributed by atoms with Crippen LogP contribution in [0, 0.1) is 0 Å². The number of imide groups is 1. The monoisotopic (exact) mass is 459 g/mol. The van der Waals surface area contributed by atoms with Gasteiger partial charge in [-0.05, 0) is 63.7 Å². The van der Waals surface area contributed by atoms with Crippen LogP contribution in [0.3, 0.4) is 0 Å². The second-order valence-corrected chi connectivity index (χ2v) is 11.2. The standard InChI is InChI=1S/C27H30BNO5/c1-24(2)25(3,4)34-28(33-24)19-12-10-18(11-13-19)27(16-26(17-27)14-7-15-32-26)29-22(30)20-8-5-6-9-21(20)23(29)31/h5-6,8-13H,7,14-17H2,1-4H3. The zero-order valence-electron chi connectivity index (χ0n) is 20.2. The summed E-state index contributed by atoms with van der Waals surface area (Å²) in [5.74, 6) is -0.438. The molecular formula is C27H30BNO5. The summed E-state index contributed by atoms with van der Waals surface area (Å²) in [5.41, 5.74) is 1.03. The minimum absolute atomic E-state index is 0.219. The molecule has 4 aliphatic rings. The summed E-state index contributed by atoms with van der Waals surface area (Å²) >= 11 is 0. The zero-order valence-corrected chi connectivity index (χ0v) is 20.2. The zero-order chi connectivity index (χ0) is 23.9. The first-order valence-corrected chi connectivity index (χ1v) is 12.2. The van der Waals surface area contributed by atoms with Crippen LogP contribution in [0.4, 0.5) is 0 Å². The van der Waals surface area contributed by atoms with Crippen LogP contribution in [0.15, 0.2) is 48.5 Å². The topological polar surface area (TPSA) is 65.1 Å². The molecule has 6 nitrogen and oxygen atoms in total. The number of rotatable bonds is 3. The van der Waals surface area contributed by atoms with Gasteiger partial charge < -0.3 is 14.0 Å². The van der Waals surface area contributed by atoms with Crippen molar-refractivity contribution in [2.24, 2.45) is 0 Å². The molecule has 2 saturated heterocycles. The van der Waals surface area contributed by atoms with E-state index in [1.165, 1.54) is 4.90 Å². The summed E-state index contributed by atoms with van der Waals surface area (Å²) in [7, 11) is -0.458. The Balaban J connectivity index is 1.36. The molecular weight excluding hydrogens is 429 g/mol. The van der Waals surface area contributed by atoms with Crippen LogP contribution < -0.4 is 5.46 Å². The Kier molecular flexibility index (Phi) is 4.55. The van der Waals surface area contributed by atoms with Crippen LogP contribution in [-0.4, -0.2) is 47.2 Å². The molecule has 3 heterocycles. The van der Waals surface area contributed by atoms with Crippen LogP contribution in [-0.2, 0) is 19.6 Å². The van der Waals surface area contributed by atoms with E-state index in [1.54, 1.807) is 12.1 Å². The Labute approximate surface area is 200 Å². The van der Waals surface area contributed by atoms with Crippen molar-refractivity contribution in [3.8, 4) is 0 Å². The number of benzene rings is 2. The van der Waals surface area contributed by atoms with Crippen molar-refractivity contribution < 1.29 is 23.6 Å². The lowest BCUT2D eigenvalue weighted by Crippen LogP contribution is -2.64. The van der Waals surface area contributed by atoms with Crippen molar-refractivity contribution >= 4 is 24.4 Å². The van der Waals surface area contributed by atoms with Gasteiger partial charge in [-0.2, -0.15) is 0 Å². The lowest BCUT2D eigenvalue weighted by Gasteiger charge is -2.57. The lowest BCUT2D eigenvalue weighted by atomic mass is 9.59. The highest BCUT2D eigenvalue weighted by atomic mass is 16.7. The normalized spacial score (nSPS) is 31.3. The third kappa shape index (κ3) is 2.93. The highest BCUT2D eigenvalue weighted by Gasteiger charge is 2.64. The third-order valence-corrected chi connectivity index (χ3v) is 8.61. The number of ether oxygens (including phenoxy) is 1. The van der Waals surface area contributed by atoms with Gasteiger partial charge in [-0.3, -0.25) is 14.5 Å². The summed E-state index contributed by atoms with van der Waals surface area (Å²) in [6, 6.07) is 15.1. The minimum Gasteiger partial charge on any atom is -0.399 e. The SMILES string of the molecule is CC1(C)OB(c2ccc(C3(N4C(=O)c5ccccc5C4=O)CC4(CCCO4)C3)cc2)OC1(C)C. The quantitative estimate of drug-likeness (QED) is 0.516. The molecule has 34 heavy (non-hydrogen) atoms. The second kappa shape index (κ2) is 7.03. The first kappa shape index (κ1) is 22.0. The number of carbonyl (C=O) groups excluding carboxylic acids is 2. The maximum absolute atomic E-state index is 13.5. The van der Waals surface area contributed by atoms with Gasteiger partial charge in [0.2, 0.25) is 0 Å². The molecule has 0 radical (unpaired) electrons. The molecule has 2 aromatic carbocycles. The van der Waals surface area contributed by atoms with Gasteiger partial charge in [-0.1, -0.05) is 36.4 Å². The molecule has 0 N–H and O–H groups in total. The number of hydrogen-bond acceptors (Lipinski definition) is 5. The molecule has 1 saturated carbocycles. The van der Waals surface area contributed by atoms with Crippen molar-refractivity contribution in [2.75, 3.05) is 6.61 Å². The highest BCUT2D eigenvalue weighted by molar-refractivity contribution is 6.62. The molecule has 2 amide bonds. The fraction of sp³-hybridized carbons (Fsp3) is 0.481. The van der Waals surface area contributed by atoms with Gasteiger partial charge in [0.25, 0.3) is 11.8 Å². The summed E-state index contributed by atoms with van der Waals surface area (Å²) in [6.45, 7) is 8.88. The second-order valence-electron chi connectivity index (χ2n) is 11.2. The van der Waals surface area contributed by atoms with Crippen molar-refractivity contribution in [3.63, 3.8) is 0 Å². The van der Waals surface area contributed by atoms with E-state index < -0.39 is 23.9 Å². The fourth-order valence-corrected chi connectivity index (χ4v) is 6.05. The maximum Gasteiger partial charge on any atom is 0.494 e. The average Bonchev–Trinajstić information content (AvgIpc) is 3.42. The maximum atomic E-state index is 13.5. The summed E-state index contributed by atoms with van der Waals surface area (Å²) < 4.78 is 18.5. The van der Waals surface area contributed by atoms with E-state index >= 15 is 0 Å². The number of carbonyl (C=O) groups is 2. The van der Waals surface area contributed by atoms with Gasteiger partial charge in [-0.15, -0.1) is 0 Å². The average molecular weight is 459 g/mol. The van der Waals surface area contributed by atoms with E-state index in [0.29, 0.717) is 24.0 Å². The molecule has 1 spiro atoms. The molecule has 0 unspecified atom stereocenters. The highest BCUT2D eigenvalue weighted by Crippen LogP contribution is 2.59. The van der Waals surface area contributed by atoms with Crippen molar-refractivity contribution in [1.29, 1.82) is 0 Å². The van der Waals surface area contributed by atoms with E-state index in [9.17, 15) is 9.59 Å². The summed E-state index contributed by atoms with van der Waals surface area (Å²) in [5, 5.41) is 0. The van der Waals surface area contributed by atoms with E-state index in [0.717, 1.165) is 30.5 Å². The molecule has 0 atom stereocenters. The van der Waals surface area contributed by atoms with Gasteiger partial charge >= 0.3 is 7.12 Å². The lowest BCUT2D eigenvalue weighted by molar-refractivity contribution is -0.140. The minimum atomic E-state index is -0.716. The van der Waals surface area contributed by atoms with Crippen LogP contribution in [0.5, 0.6) is 0 Å². The van der Waals surface area contributed by atoms with Crippen molar-refractivity contribution in [3.05, 3.63) is 65.2 Å². The van der Waals surface area contributed by atoms with Gasteiger partial charge in [0.1, 0.15) is 0 Å². The van der Waals surface area contributed by atoms with E-state index in [-0.39, 0.29) is 17.4 Å². The van der Waals surface area contributed by atoms with E-state index in [2.05, 4.69) is 0 Å². The van der Waals surface area contributed by atoms with E-state index in [1.807, 2.05) is 64.1 Å². The van der Waals surface area contributed by atoms with Crippen LogP contribution in [0.2, 0.25) is 0 Å². The predicted octanol–water partition coefficient (Wildman–Crippen LogP) is 3.82. The molecule has 6 rings (SSSR count). The molecule has 3 fully saturated rings. The third-order valence-electron chi connectivity index (χ3n) is 8.61. The van der Waals surface area contributed by atoms with Gasteiger partial charge in [0.15, 0.2) is 0 Å². The van der Waals surface area contributed by atoms with Crippen LogP contribution in [0.25, 0.3) is 0 Å². The molecule has 2 aromatic rings. The number of amides is 2. The van der Waals surface area contributed by atoms with Gasteiger partial charge in [-0.25, -0.2) is 0 Å². The van der Waals surface area contributed by atoms with Crippen LogP contribution >= 0.6 is 0 Å². The Bertz CT molecular complexity index is 1120. The largest absolute Gasteiger partial charge is 0.494 e. The Morgan fingerprint density at radius 3 is 1.88 bits per heavy atom. The number of hydrogen-bond donors (Lipinski definition) is 0. The first-order chi connectivity index (χ1) is 16.1. The number of nitrogens with zero attached hydrogens (tertiary/aromatic N) is 1. The van der Waals surface area contributed by atoms with E-state index in [4.69, 9.17) is 14.0 Å². The predicted molar refractivity (Wildman–Crippen MR) is 128 cm³/mol. The fourth-order valence-electron chi connectivity index (χ4n) is 6.05. The summed E-state index contributed by atoms with van der Waals surface area (Å²) in [6.07, 6.45) is 3.23. The summed E-state index contributed by atoms with van der Waals surface area (Å²) in [4.78, 5) is 28.4. The molecule has 1 aliphatic carbocycles. The molecule has 0 bridgehead atoms. The van der Waals surface area contributed by atoms with Gasteiger partial charge in [0, 0.05) is 19.4 Å². The Hall–Kier alpha value is -2.48. The number of fused-ring (bicyclic) bond motifs is 1. The van der Waals surface area contributed by atoms with Crippen molar-refractivity contribution in [2.45, 2.75) is 75.7 Å². The smallest absolute Gasteiger partial charge is 0.399 e. The molecule has 7 heteroatoms. The molecule has 176 valence electrons. The molecule has 0 aromatic heterocycles. The molecule has 3 aliphatic heterocycles. The Morgan fingerprint density at radius 2 is 1.38 bits per heavy atom. The van der Waals surface area contributed by atoms with Crippen LogP contribution in [0.1, 0.15) is 79.7 Å². The van der Waals surface area contributed by atoms with Crippen molar-refractivity contribution in [1.82, 2.24) is 4.90 Å². The van der Waals surface area contributed by atoms with Gasteiger partial charge in [0.05, 0.1) is 33.5 Å². The first-order valence-electron chi connectivity index (χ1n) is 12.2.